The van der Waals surface area contributed by atoms with Crippen LogP contribution in [0.5, 0.6) is 5.75 Å². The third-order valence-electron chi connectivity index (χ3n) is 1.49. The Morgan fingerprint density at radius 3 is 2.33 bits per heavy atom. The molecule has 78 valence electrons. The molecule has 0 saturated heterocycles. The molecule has 0 amide bonds. The zero-order valence-corrected chi connectivity index (χ0v) is 7.58. The van der Waals surface area contributed by atoms with Crippen LogP contribution in [0.2, 0.25) is 0 Å². The Morgan fingerprint density at radius 2 is 1.80 bits per heavy atom. The zero-order chi connectivity index (χ0) is 11.3. The molecule has 0 radical (unpaired) electrons. The molecule has 2 N–H and O–H groups in total. The lowest BCUT2D eigenvalue weighted by atomic mass is 10.2. The third kappa shape index (κ3) is 3.95. The number of ether oxygens (including phenoxy) is 1. The van der Waals surface area contributed by atoms with Gasteiger partial charge in [-0.05, 0) is 23.8 Å². The second kappa shape index (κ2) is 4.80. The van der Waals surface area contributed by atoms with Crippen LogP contribution in [0.4, 0.5) is 4.79 Å². The van der Waals surface area contributed by atoms with E-state index in [1.807, 2.05) is 0 Å². The maximum Gasteiger partial charge on any atom is 0.513 e. The Hall–Kier alpha value is -2.30. The van der Waals surface area contributed by atoms with Crippen LogP contribution in [-0.2, 0) is 9.53 Å². The maximum atomic E-state index is 10.8. The summed E-state index contributed by atoms with van der Waals surface area (Å²) in [5, 5.41) is 17.1. The molecule has 5 heteroatoms. The van der Waals surface area contributed by atoms with Gasteiger partial charge in [0, 0.05) is 6.08 Å². The van der Waals surface area contributed by atoms with Crippen LogP contribution < -0.4 is 0 Å². The molecule has 1 aromatic rings. The van der Waals surface area contributed by atoms with Gasteiger partial charge in [-0.25, -0.2) is 9.59 Å². The smallest absolute Gasteiger partial charge is 0.508 e. The number of carbonyl (C=O) groups excluding carboxylic acids is 1. The van der Waals surface area contributed by atoms with E-state index in [0.717, 1.165) is 6.08 Å². The predicted octanol–water partition coefficient (Wildman–Crippen LogP) is 1.63. The Kier molecular flexibility index (Phi) is 3.45. The van der Waals surface area contributed by atoms with Crippen molar-refractivity contribution < 1.29 is 24.5 Å². The van der Waals surface area contributed by atoms with Gasteiger partial charge in [-0.15, -0.1) is 0 Å². The summed E-state index contributed by atoms with van der Waals surface area (Å²) in [4.78, 5) is 20.7. The van der Waals surface area contributed by atoms with E-state index in [1.165, 1.54) is 18.2 Å². The van der Waals surface area contributed by atoms with Gasteiger partial charge in [0.05, 0.1) is 0 Å². The van der Waals surface area contributed by atoms with Gasteiger partial charge in [-0.2, -0.15) is 0 Å². The standard InChI is InChI=1S/C10H8O5/c11-8-4-1-7(2-5-8)3-6-9(12)15-10(13)14/h1-6,11H,(H,13,14)/b6-3+. The lowest BCUT2D eigenvalue weighted by molar-refractivity contribution is -0.133. The summed E-state index contributed by atoms with van der Waals surface area (Å²) in [5.74, 6) is -0.851. The van der Waals surface area contributed by atoms with Crippen molar-refractivity contribution in [1.29, 1.82) is 0 Å². The minimum atomic E-state index is -1.64. The van der Waals surface area contributed by atoms with E-state index in [9.17, 15) is 9.59 Å². The van der Waals surface area contributed by atoms with Gasteiger partial charge in [-0.3, -0.25) is 0 Å². The monoisotopic (exact) mass is 208 g/mol. The molecular weight excluding hydrogens is 200 g/mol. The maximum absolute atomic E-state index is 10.8. The van der Waals surface area contributed by atoms with Gasteiger partial charge in [0.2, 0.25) is 0 Å². The number of phenolic OH excluding ortho intramolecular Hbond substituents is 1. The van der Waals surface area contributed by atoms with Crippen LogP contribution in [0, 0.1) is 0 Å². The van der Waals surface area contributed by atoms with Crippen LogP contribution in [0.1, 0.15) is 5.56 Å². The van der Waals surface area contributed by atoms with Gasteiger partial charge in [0.1, 0.15) is 5.75 Å². The van der Waals surface area contributed by atoms with Gasteiger partial charge in [0.15, 0.2) is 0 Å². The molecule has 15 heavy (non-hydrogen) atoms. The molecular formula is C10H8O5. The molecule has 1 rings (SSSR count). The van der Waals surface area contributed by atoms with Crippen molar-refractivity contribution in [1.82, 2.24) is 0 Å². The average molecular weight is 208 g/mol. The quantitative estimate of drug-likeness (QED) is 0.438. The molecule has 0 aliphatic heterocycles. The number of benzene rings is 1. The first kappa shape index (κ1) is 10.8. The van der Waals surface area contributed by atoms with Crippen molar-refractivity contribution in [2.45, 2.75) is 0 Å². The summed E-state index contributed by atoms with van der Waals surface area (Å²) in [6.07, 6.45) is 0.723. The van der Waals surface area contributed by atoms with Crippen LogP contribution in [-0.4, -0.2) is 22.3 Å². The van der Waals surface area contributed by atoms with Crippen molar-refractivity contribution in [3.8, 4) is 5.75 Å². The van der Waals surface area contributed by atoms with Crippen LogP contribution in [0.25, 0.3) is 6.08 Å². The van der Waals surface area contributed by atoms with E-state index in [1.54, 1.807) is 12.1 Å². The fourth-order valence-electron chi connectivity index (χ4n) is 0.870. The predicted molar refractivity (Wildman–Crippen MR) is 51.3 cm³/mol. The number of carboxylic acid groups (broad SMARTS) is 1. The van der Waals surface area contributed by atoms with E-state index in [0.29, 0.717) is 5.56 Å². The van der Waals surface area contributed by atoms with Gasteiger partial charge in [-0.1, -0.05) is 12.1 Å². The van der Waals surface area contributed by atoms with Crippen molar-refractivity contribution in [2.24, 2.45) is 0 Å². The van der Waals surface area contributed by atoms with Gasteiger partial charge in [0.25, 0.3) is 0 Å². The van der Waals surface area contributed by atoms with Crippen molar-refractivity contribution in [3.63, 3.8) is 0 Å². The molecule has 0 aliphatic carbocycles. The lowest BCUT2D eigenvalue weighted by Gasteiger charge is -1.94. The number of carbonyl (C=O) groups is 2. The normalized spacial score (nSPS) is 10.1. The van der Waals surface area contributed by atoms with E-state index < -0.39 is 12.1 Å². The Bertz CT molecular complexity index is 391. The SMILES string of the molecule is O=C(O)OC(=O)/C=C/c1ccc(O)cc1. The first-order valence-corrected chi connectivity index (χ1v) is 4.00. The summed E-state index contributed by atoms with van der Waals surface area (Å²) < 4.78 is 3.84. The topological polar surface area (TPSA) is 83.8 Å². The van der Waals surface area contributed by atoms with Crippen LogP contribution in [0.3, 0.4) is 0 Å². The fraction of sp³-hybridized carbons (Fsp3) is 0. The first-order chi connectivity index (χ1) is 7.08. The first-order valence-electron chi connectivity index (χ1n) is 4.00. The average Bonchev–Trinajstić information content (AvgIpc) is 2.16. The van der Waals surface area contributed by atoms with Crippen molar-refractivity contribution >= 4 is 18.2 Å². The highest BCUT2D eigenvalue weighted by Gasteiger charge is 2.02. The van der Waals surface area contributed by atoms with Gasteiger partial charge >= 0.3 is 12.1 Å². The molecule has 0 unspecified atom stereocenters. The number of aromatic hydroxyl groups is 1. The Morgan fingerprint density at radius 1 is 1.20 bits per heavy atom. The van der Waals surface area contributed by atoms with Gasteiger partial charge < -0.3 is 14.9 Å². The second-order valence-electron chi connectivity index (χ2n) is 2.61. The summed E-state index contributed by atoms with van der Waals surface area (Å²) >= 11 is 0. The number of hydrogen-bond donors (Lipinski definition) is 2. The molecule has 0 bridgehead atoms. The summed E-state index contributed by atoms with van der Waals surface area (Å²) in [6.45, 7) is 0. The highest BCUT2D eigenvalue weighted by atomic mass is 16.7. The van der Waals surface area contributed by atoms with E-state index in [-0.39, 0.29) is 5.75 Å². The van der Waals surface area contributed by atoms with E-state index in [4.69, 9.17) is 10.2 Å². The highest BCUT2D eigenvalue weighted by molar-refractivity contribution is 5.92. The molecule has 0 saturated carbocycles. The van der Waals surface area contributed by atoms with E-state index in [2.05, 4.69) is 4.74 Å². The summed E-state index contributed by atoms with van der Waals surface area (Å²) in [5.41, 5.74) is 0.648. The minimum absolute atomic E-state index is 0.111. The van der Waals surface area contributed by atoms with Crippen LogP contribution >= 0.6 is 0 Å². The molecule has 0 aliphatic rings. The molecule has 0 spiro atoms. The molecule has 5 nitrogen and oxygen atoms in total. The van der Waals surface area contributed by atoms with Crippen LogP contribution in [0.15, 0.2) is 30.3 Å². The number of hydrogen-bond acceptors (Lipinski definition) is 4. The summed E-state index contributed by atoms with van der Waals surface area (Å²) in [7, 11) is 0. The second-order valence-corrected chi connectivity index (χ2v) is 2.61. The molecule has 0 fully saturated rings. The van der Waals surface area contributed by atoms with Crippen molar-refractivity contribution in [3.05, 3.63) is 35.9 Å². The molecule has 0 heterocycles. The zero-order valence-electron chi connectivity index (χ0n) is 7.58. The minimum Gasteiger partial charge on any atom is -0.508 e. The lowest BCUT2D eigenvalue weighted by Crippen LogP contribution is -2.06. The number of esters is 1. The Balaban J connectivity index is 2.61. The summed E-state index contributed by atoms with van der Waals surface area (Å²) in [6, 6.07) is 6.03. The fourth-order valence-corrected chi connectivity index (χ4v) is 0.870. The molecule has 0 atom stereocenters. The number of phenols is 1. The molecule has 0 aromatic heterocycles. The Labute approximate surface area is 85.2 Å². The van der Waals surface area contributed by atoms with Crippen molar-refractivity contribution in [2.75, 3.05) is 0 Å². The highest BCUT2D eigenvalue weighted by Crippen LogP contribution is 2.10. The van der Waals surface area contributed by atoms with E-state index >= 15 is 0 Å². The largest absolute Gasteiger partial charge is 0.513 e. The molecule has 1 aromatic carbocycles. The number of rotatable bonds is 2. The third-order valence-corrected chi connectivity index (χ3v) is 1.49.